The van der Waals surface area contributed by atoms with Crippen LogP contribution in [0.5, 0.6) is 0 Å². The van der Waals surface area contributed by atoms with Gasteiger partial charge in [0.2, 0.25) is 0 Å². The molecule has 0 saturated heterocycles. The van der Waals surface area contributed by atoms with Gasteiger partial charge in [-0.2, -0.15) is 0 Å². The van der Waals surface area contributed by atoms with Gasteiger partial charge in [-0.25, -0.2) is 4.79 Å². The number of β-amino-alcohol motifs (C(OH)–C–C–N with tert-alkyl or cyclic N) is 1. The Morgan fingerprint density at radius 3 is 2.26 bits per heavy atom. The van der Waals surface area contributed by atoms with E-state index in [0.29, 0.717) is 6.54 Å². The van der Waals surface area contributed by atoms with Crippen LogP contribution in [0.1, 0.15) is 59.5 Å². The second-order valence-corrected chi connectivity index (χ2v) is 11.1. The number of fused-ring (bicyclic) bond motifs is 1. The topological polar surface area (TPSA) is 78.8 Å². The van der Waals surface area contributed by atoms with Gasteiger partial charge < -0.3 is 20.3 Å². The molecule has 0 aliphatic rings. The largest absolute Gasteiger partial charge is 0.478 e. The van der Waals surface area contributed by atoms with Crippen LogP contribution in [0.4, 0.5) is 0 Å². The van der Waals surface area contributed by atoms with Gasteiger partial charge in [0.1, 0.15) is 0 Å². The lowest BCUT2D eigenvalue weighted by Gasteiger charge is -2.28. The molecule has 204 valence electrons. The molecule has 4 aromatic rings. The monoisotopic (exact) mass is 525 g/mol. The number of carboxylic acids is 1. The number of ether oxygens (including phenoxy) is 1. The van der Waals surface area contributed by atoms with Gasteiger partial charge in [-0.1, -0.05) is 66.7 Å². The number of aliphatic hydroxyl groups excluding tert-OH is 1. The first kappa shape index (κ1) is 28.5. The number of benzene rings is 4. The van der Waals surface area contributed by atoms with Gasteiger partial charge in [0, 0.05) is 12.1 Å². The number of hydrogen-bond acceptors (Lipinski definition) is 4. The van der Waals surface area contributed by atoms with Crippen LogP contribution in [0, 0.1) is 13.8 Å². The summed E-state index contributed by atoms with van der Waals surface area (Å²) in [4.78, 5) is 11.5. The lowest BCUT2D eigenvalue weighted by molar-refractivity contribution is -0.00397. The van der Waals surface area contributed by atoms with Gasteiger partial charge >= 0.3 is 5.97 Å². The van der Waals surface area contributed by atoms with Gasteiger partial charge in [-0.15, -0.1) is 0 Å². The van der Waals surface area contributed by atoms with Crippen LogP contribution < -0.4 is 5.32 Å². The van der Waals surface area contributed by atoms with Crippen molar-refractivity contribution >= 4 is 16.7 Å². The summed E-state index contributed by atoms with van der Waals surface area (Å²) in [6.07, 6.45) is -0.0672. The fraction of sp³-hybridized carbons (Fsp3) is 0.324. The molecular weight excluding hydrogens is 486 g/mol. The Morgan fingerprint density at radius 2 is 1.56 bits per heavy atom. The minimum atomic E-state index is -0.930. The average molecular weight is 526 g/mol. The molecular formula is C34H39NO4. The molecule has 0 aliphatic carbocycles. The lowest BCUT2D eigenvalue weighted by Crippen LogP contribution is -2.46. The predicted molar refractivity (Wildman–Crippen MR) is 158 cm³/mol. The molecule has 1 unspecified atom stereocenters. The van der Waals surface area contributed by atoms with E-state index in [-0.39, 0.29) is 23.8 Å². The van der Waals surface area contributed by atoms with E-state index in [0.717, 1.165) is 34.2 Å². The number of aryl methyl sites for hydroxylation is 2. The Kier molecular flexibility index (Phi) is 8.86. The van der Waals surface area contributed by atoms with Crippen molar-refractivity contribution in [1.29, 1.82) is 0 Å². The summed E-state index contributed by atoms with van der Waals surface area (Å²) in [5, 5.41) is 26.1. The first-order valence-corrected chi connectivity index (χ1v) is 13.5. The molecule has 0 spiro atoms. The highest BCUT2D eigenvalue weighted by Crippen LogP contribution is 2.35. The van der Waals surface area contributed by atoms with Crippen molar-refractivity contribution in [1.82, 2.24) is 5.32 Å². The highest BCUT2D eigenvalue weighted by Gasteiger charge is 2.21. The highest BCUT2D eigenvalue weighted by molar-refractivity contribution is 5.90. The van der Waals surface area contributed by atoms with Crippen molar-refractivity contribution in [3.8, 4) is 11.1 Å². The molecule has 3 N–H and O–H groups in total. The van der Waals surface area contributed by atoms with E-state index in [1.165, 1.54) is 16.3 Å². The van der Waals surface area contributed by atoms with Crippen molar-refractivity contribution in [3.05, 3.63) is 107 Å². The zero-order valence-corrected chi connectivity index (χ0v) is 23.5. The zero-order valence-electron chi connectivity index (χ0n) is 23.5. The fourth-order valence-electron chi connectivity index (χ4n) is 5.31. The van der Waals surface area contributed by atoms with Gasteiger partial charge in [0.15, 0.2) is 0 Å². The number of hydrogen-bond donors (Lipinski definition) is 3. The van der Waals surface area contributed by atoms with Gasteiger partial charge in [-0.05, 0) is 97.3 Å². The smallest absolute Gasteiger partial charge is 0.335 e. The summed E-state index contributed by atoms with van der Waals surface area (Å²) in [5.74, 6) is -0.930. The second kappa shape index (κ2) is 12.1. The van der Waals surface area contributed by atoms with Crippen molar-refractivity contribution in [2.45, 2.75) is 58.8 Å². The first-order chi connectivity index (χ1) is 18.5. The third kappa shape index (κ3) is 7.12. The molecule has 4 aromatic carbocycles. The Bertz CT molecular complexity index is 1440. The number of rotatable bonds is 11. The predicted octanol–water partition coefficient (Wildman–Crippen LogP) is 6.87. The summed E-state index contributed by atoms with van der Waals surface area (Å²) >= 11 is 0. The summed E-state index contributed by atoms with van der Waals surface area (Å²) in [6, 6.07) is 26.4. The standard InChI is InChI=1S/C34H39NO4/c1-22-16-28(33(37)38)17-23(2)32(22)31-13-9-8-12-30(31)24(3)39-21-29(36)20-35-34(4,5)19-25-14-15-26-10-6-7-11-27(26)18-25/h6-18,24,29,35-36H,19-21H2,1-5H3,(H,37,38)/t24?,29-/m0/s1. The summed E-state index contributed by atoms with van der Waals surface area (Å²) in [7, 11) is 0. The molecule has 0 heterocycles. The van der Waals surface area contributed by atoms with E-state index < -0.39 is 12.1 Å². The van der Waals surface area contributed by atoms with E-state index in [1.807, 2.05) is 45.0 Å². The molecule has 0 aromatic heterocycles. The molecule has 0 radical (unpaired) electrons. The summed E-state index contributed by atoms with van der Waals surface area (Å²) < 4.78 is 6.14. The van der Waals surface area contributed by atoms with Crippen LogP contribution in [-0.4, -0.2) is 41.0 Å². The Morgan fingerprint density at radius 1 is 0.923 bits per heavy atom. The van der Waals surface area contributed by atoms with Crippen LogP contribution in [-0.2, 0) is 11.2 Å². The van der Waals surface area contributed by atoms with Crippen molar-refractivity contribution in [3.63, 3.8) is 0 Å². The molecule has 0 amide bonds. The SMILES string of the molecule is Cc1cc(C(=O)O)cc(C)c1-c1ccccc1C(C)OC[C@@H](O)CNC(C)(C)Cc1ccc2ccccc2c1. The molecule has 39 heavy (non-hydrogen) atoms. The number of carboxylic acid groups (broad SMARTS) is 1. The quantitative estimate of drug-likeness (QED) is 0.199. The molecule has 2 atom stereocenters. The van der Waals surface area contributed by atoms with Crippen LogP contribution >= 0.6 is 0 Å². The maximum atomic E-state index is 11.5. The maximum Gasteiger partial charge on any atom is 0.335 e. The van der Waals surface area contributed by atoms with Crippen molar-refractivity contribution < 1.29 is 19.7 Å². The average Bonchev–Trinajstić information content (AvgIpc) is 2.90. The van der Waals surface area contributed by atoms with Crippen molar-refractivity contribution in [2.75, 3.05) is 13.2 Å². The lowest BCUT2D eigenvalue weighted by atomic mass is 9.89. The third-order valence-corrected chi connectivity index (χ3v) is 7.26. The first-order valence-electron chi connectivity index (χ1n) is 13.5. The molecule has 5 heteroatoms. The highest BCUT2D eigenvalue weighted by atomic mass is 16.5. The van der Waals surface area contributed by atoms with Gasteiger partial charge in [-0.3, -0.25) is 0 Å². The van der Waals surface area contributed by atoms with Crippen LogP contribution in [0.15, 0.2) is 78.9 Å². The molecule has 4 rings (SSSR count). The summed E-state index contributed by atoms with van der Waals surface area (Å²) in [6.45, 7) is 10.8. The van der Waals surface area contributed by atoms with Gasteiger partial charge in [0.05, 0.1) is 24.4 Å². The van der Waals surface area contributed by atoms with E-state index >= 15 is 0 Å². The number of aliphatic hydroxyl groups is 1. The normalized spacial score (nSPS) is 13.4. The number of aromatic carboxylic acids is 1. The van der Waals surface area contributed by atoms with E-state index in [4.69, 9.17) is 4.74 Å². The minimum absolute atomic E-state index is 0.196. The molecule has 0 bridgehead atoms. The Labute approximate surface area is 231 Å². The number of nitrogens with one attached hydrogen (secondary N) is 1. The molecule has 0 fully saturated rings. The Hall–Kier alpha value is -3.51. The molecule has 0 aliphatic heterocycles. The molecule has 5 nitrogen and oxygen atoms in total. The van der Waals surface area contributed by atoms with Crippen molar-refractivity contribution in [2.24, 2.45) is 0 Å². The van der Waals surface area contributed by atoms with E-state index in [2.05, 4.69) is 61.6 Å². The second-order valence-electron chi connectivity index (χ2n) is 11.1. The summed E-state index contributed by atoms with van der Waals surface area (Å²) in [5.41, 5.74) is 6.20. The van der Waals surface area contributed by atoms with Crippen LogP contribution in [0.25, 0.3) is 21.9 Å². The zero-order chi connectivity index (χ0) is 28.2. The van der Waals surface area contributed by atoms with Crippen LogP contribution in [0.2, 0.25) is 0 Å². The maximum absolute atomic E-state index is 11.5. The minimum Gasteiger partial charge on any atom is -0.478 e. The van der Waals surface area contributed by atoms with Crippen LogP contribution in [0.3, 0.4) is 0 Å². The van der Waals surface area contributed by atoms with Gasteiger partial charge in [0.25, 0.3) is 0 Å². The Balaban J connectivity index is 1.37. The van der Waals surface area contributed by atoms with E-state index in [1.54, 1.807) is 12.1 Å². The fourth-order valence-corrected chi connectivity index (χ4v) is 5.31. The third-order valence-electron chi connectivity index (χ3n) is 7.26. The molecule has 0 saturated carbocycles. The van der Waals surface area contributed by atoms with E-state index in [9.17, 15) is 15.0 Å². The number of carbonyl (C=O) groups is 1.